The van der Waals surface area contributed by atoms with Gasteiger partial charge in [-0.25, -0.2) is 19.0 Å². The van der Waals surface area contributed by atoms with Crippen LogP contribution in [0.3, 0.4) is 0 Å². The van der Waals surface area contributed by atoms with Gasteiger partial charge in [-0.2, -0.15) is 16.4 Å². The Labute approximate surface area is 179 Å². The van der Waals surface area contributed by atoms with Crippen molar-refractivity contribution < 1.29 is 24.4 Å². The van der Waals surface area contributed by atoms with Crippen LogP contribution >= 0.6 is 11.3 Å². The zero-order valence-electron chi connectivity index (χ0n) is 16.0. The van der Waals surface area contributed by atoms with Gasteiger partial charge in [-0.05, 0) is 35.7 Å². The average Bonchev–Trinajstić information content (AvgIpc) is 3.49. The summed E-state index contributed by atoms with van der Waals surface area (Å²) in [5.41, 5.74) is 2.37. The molecule has 31 heavy (non-hydrogen) atoms. The number of hydrogen-bond acceptors (Lipinski definition) is 9. The molecule has 0 aliphatic carbocycles. The number of aliphatic hydroxyl groups excluding tert-OH is 3. The molecule has 0 amide bonds. The number of halogens is 1. The second-order valence-electron chi connectivity index (χ2n) is 7.09. The number of benzene rings is 1. The standard InChI is InChI=1S/C20H18FN5O4S/c21-11-1-3-12(4-2-11)24-18-14-15(10-5-6-31-8-10)25-26(19(14)23-9-22-18)20-17(29)16(28)13(7-27)30-20/h1-6,8-9,13,16-17,20,27-29H,7H2,(H,22,23,24)/t13-,16+,17+,20-/m1/s1. The second kappa shape index (κ2) is 7.94. The fourth-order valence-electron chi connectivity index (χ4n) is 3.60. The molecule has 0 radical (unpaired) electrons. The van der Waals surface area contributed by atoms with Crippen molar-refractivity contribution in [2.45, 2.75) is 24.5 Å². The van der Waals surface area contributed by atoms with Crippen molar-refractivity contribution in [3.63, 3.8) is 0 Å². The monoisotopic (exact) mass is 443 g/mol. The Morgan fingerprint density at radius 1 is 1.13 bits per heavy atom. The Kier molecular flexibility index (Phi) is 5.12. The summed E-state index contributed by atoms with van der Waals surface area (Å²) in [6, 6.07) is 7.74. The third kappa shape index (κ3) is 3.46. The van der Waals surface area contributed by atoms with Gasteiger partial charge in [-0.3, -0.25) is 0 Å². The van der Waals surface area contributed by atoms with Crippen LogP contribution in [0.5, 0.6) is 0 Å². The highest BCUT2D eigenvalue weighted by atomic mass is 32.1. The van der Waals surface area contributed by atoms with E-state index in [1.54, 1.807) is 12.1 Å². The minimum absolute atomic E-state index is 0.352. The smallest absolute Gasteiger partial charge is 0.181 e. The third-order valence-corrected chi connectivity index (χ3v) is 5.83. The SMILES string of the molecule is OC[C@H]1O[C@@H](n2nc(-c3ccsc3)c3c(Nc4ccc(F)cc4)ncnc32)[C@@H](O)[C@H]1O. The van der Waals surface area contributed by atoms with Gasteiger partial charge in [0.2, 0.25) is 0 Å². The number of hydrogen-bond donors (Lipinski definition) is 4. The Balaban J connectivity index is 1.66. The summed E-state index contributed by atoms with van der Waals surface area (Å²) < 4.78 is 20.3. The quantitative estimate of drug-likeness (QED) is 0.369. The lowest BCUT2D eigenvalue weighted by Crippen LogP contribution is -2.33. The molecule has 5 rings (SSSR count). The lowest BCUT2D eigenvalue weighted by atomic mass is 10.1. The number of fused-ring (bicyclic) bond motifs is 1. The zero-order valence-corrected chi connectivity index (χ0v) is 16.8. The predicted octanol–water partition coefficient (Wildman–Crippen LogP) is 2.05. The molecular weight excluding hydrogens is 425 g/mol. The van der Waals surface area contributed by atoms with E-state index in [1.165, 1.54) is 34.5 Å². The molecule has 1 aliphatic heterocycles. The molecule has 0 saturated carbocycles. The summed E-state index contributed by atoms with van der Waals surface area (Å²) in [5.74, 6) is 0.0883. The van der Waals surface area contributed by atoms with E-state index < -0.39 is 31.1 Å². The lowest BCUT2D eigenvalue weighted by Gasteiger charge is -2.15. The topological polar surface area (TPSA) is 126 Å². The highest BCUT2D eigenvalue weighted by molar-refractivity contribution is 7.08. The highest BCUT2D eigenvalue weighted by Gasteiger charge is 2.45. The Bertz CT molecular complexity index is 1200. The molecule has 160 valence electrons. The second-order valence-corrected chi connectivity index (χ2v) is 7.87. The molecule has 4 atom stereocenters. The fraction of sp³-hybridized carbons (Fsp3) is 0.250. The number of nitrogens with zero attached hydrogens (tertiary/aromatic N) is 4. The van der Waals surface area contributed by atoms with Crippen molar-refractivity contribution in [1.29, 1.82) is 0 Å². The molecule has 1 aliphatic rings. The van der Waals surface area contributed by atoms with Gasteiger partial charge >= 0.3 is 0 Å². The number of ether oxygens (including phenoxy) is 1. The summed E-state index contributed by atoms with van der Waals surface area (Å²) in [7, 11) is 0. The van der Waals surface area contributed by atoms with E-state index in [0.29, 0.717) is 28.2 Å². The Hall–Kier alpha value is -2.96. The molecule has 3 aromatic heterocycles. The molecule has 1 saturated heterocycles. The molecule has 4 N–H and O–H groups in total. The van der Waals surface area contributed by atoms with Gasteiger partial charge in [0.05, 0.1) is 12.0 Å². The molecule has 4 aromatic rings. The maximum Gasteiger partial charge on any atom is 0.181 e. The van der Waals surface area contributed by atoms with E-state index in [-0.39, 0.29) is 5.82 Å². The first-order valence-electron chi connectivity index (χ1n) is 9.47. The van der Waals surface area contributed by atoms with Gasteiger partial charge in [0, 0.05) is 16.6 Å². The first-order valence-corrected chi connectivity index (χ1v) is 10.4. The Morgan fingerprint density at radius 3 is 2.61 bits per heavy atom. The van der Waals surface area contributed by atoms with Crippen LogP contribution in [-0.4, -0.2) is 60.0 Å². The molecule has 1 fully saturated rings. The first-order chi connectivity index (χ1) is 15.1. The van der Waals surface area contributed by atoms with Crippen molar-refractivity contribution in [3.05, 3.63) is 53.2 Å². The van der Waals surface area contributed by atoms with Gasteiger partial charge in [0.15, 0.2) is 11.9 Å². The molecule has 0 spiro atoms. The zero-order chi connectivity index (χ0) is 21.5. The summed E-state index contributed by atoms with van der Waals surface area (Å²) >= 11 is 1.50. The highest BCUT2D eigenvalue weighted by Crippen LogP contribution is 2.38. The Morgan fingerprint density at radius 2 is 1.94 bits per heavy atom. The van der Waals surface area contributed by atoms with Crippen LogP contribution in [-0.2, 0) is 4.74 Å². The fourth-order valence-corrected chi connectivity index (χ4v) is 4.24. The number of nitrogens with one attached hydrogen (secondary N) is 1. The number of anilines is 2. The maximum absolute atomic E-state index is 13.3. The van der Waals surface area contributed by atoms with Gasteiger partial charge < -0.3 is 25.4 Å². The van der Waals surface area contributed by atoms with E-state index in [4.69, 9.17) is 4.74 Å². The van der Waals surface area contributed by atoms with Crippen molar-refractivity contribution in [2.75, 3.05) is 11.9 Å². The summed E-state index contributed by atoms with van der Waals surface area (Å²) in [6.07, 6.45) is -3.22. The number of rotatable bonds is 5. The van der Waals surface area contributed by atoms with Gasteiger partial charge in [0.1, 0.15) is 42.0 Å². The summed E-state index contributed by atoms with van der Waals surface area (Å²) in [5, 5.41) is 42.3. The normalized spacial score (nSPS) is 23.5. The minimum Gasteiger partial charge on any atom is -0.394 e. The van der Waals surface area contributed by atoms with E-state index >= 15 is 0 Å². The summed E-state index contributed by atoms with van der Waals surface area (Å²) in [6.45, 7) is -0.447. The van der Waals surface area contributed by atoms with E-state index in [2.05, 4.69) is 20.4 Å². The third-order valence-electron chi connectivity index (χ3n) is 5.15. The van der Waals surface area contributed by atoms with Crippen molar-refractivity contribution >= 4 is 33.9 Å². The van der Waals surface area contributed by atoms with Crippen LogP contribution in [0.25, 0.3) is 22.3 Å². The molecular formula is C20H18FN5O4S. The molecule has 4 heterocycles. The molecule has 0 bridgehead atoms. The van der Waals surface area contributed by atoms with E-state index in [0.717, 1.165) is 5.56 Å². The van der Waals surface area contributed by atoms with E-state index in [1.807, 2.05) is 16.8 Å². The van der Waals surface area contributed by atoms with Crippen LogP contribution in [0.2, 0.25) is 0 Å². The minimum atomic E-state index is -1.31. The number of aliphatic hydroxyl groups is 3. The van der Waals surface area contributed by atoms with Gasteiger partial charge in [0.25, 0.3) is 0 Å². The summed E-state index contributed by atoms with van der Waals surface area (Å²) in [4.78, 5) is 8.68. The molecule has 9 nitrogen and oxygen atoms in total. The molecule has 11 heteroatoms. The van der Waals surface area contributed by atoms with Crippen LogP contribution < -0.4 is 5.32 Å². The first kappa shape index (κ1) is 20.0. The van der Waals surface area contributed by atoms with Crippen LogP contribution in [0, 0.1) is 5.82 Å². The van der Waals surface area contributed by atoms with Crippen molar-refractivity contribution in [1.82, 2.24) is 19.7 Å². The van der Waals surface area contributed by atoms with Crippen LogP contribution in [0.4, 0.5) is 15.9 Å². The van der Waals surface area contributed by atoms with E-state index in [9.17, 15) is 19.7 Å². The predicted molar refractivity (Wildman–Crippen MR) is 111 cm³/mol. The largest absolute Gasteiger partial charge is 0.394 e. The van der Waals surface area contributed by atoms with Gasteiger partial charge in [-0.1, -0.05) is 0 Å². The molecule has 1 aromatic carbocycles. The van der Waals surface area contributed by atoms with Crippen LogP contribution in [0.1, 0.15) is 6.23 Å². The lowest BCUT2D eigenvalue weighted by molar-refractivity contribution is -0.0565. The van der Waals surface area contributed by atoms with Crippen molar-refractivity contribution in [2.24, 2.45) is 0 Å². The molecule has 0 unspecified atom stereocenters. The van der Waals surface area contributed by atoms with Crippen molar-refractivity contribution in [3.8, 4) is 11.3 Å². The van der Waals surface area contributed by atoms with Gasteiger partial charge in [-0.15, -0.1) is 0 Å². The average molecular weight is 443 g/mol. The maximum atomic E-state index is 13.3. The number of aromatic nitrogens is 4. The number of thiophene rings is 1. The van der Waals surface area contributed by atoms with Crippen LogP contribution in [0.15, 0.2) is 47.4 Å².